The van der Waals surface area contributed by atoms with Gasteiger partial charge in [0.25, 0.3) is 0 Å². The molecule has 1 unspecified atom stereocenters. The maximum atomic E-state index is 7.55. The van der Waals surface area contributed by atoms with Crippen molar-refractivity contribution in [3.8, 4) is 0 Å². The fraction of sp³-hybridized carbons (Fsp3) is 0.400. The second-order valence-corrected chi connectivity index (χ2v) is 5.29. The average molecular weight is 257 g/mol. The number of hydrogen-bond donors (Lipinski definition) is 2. The fourth-order valence-corrected chi connectivity index (χ4v) is 3.00. The standard InChI is InChI=1S/C15H19N3O/c16-15(17)18-7-2-3-11(10-18)9-12-4-1-5-14-13(12)6-8-19-14/h1,4-6,8,11H,2-3,7,9-10H2,(H3,16,17). The smallest absolute Gasteiger partial charge is 0.188 e. The Morgan fingerprint density at radius 2 is 2.32 bits per heavy atom. The lowest BCUT2D eigenvalue weighted by Crippen LogP contribution is -2.43. The highest BCUT2D eigenvalue weighted by atomic mass is 16.3. The maximum Gasteiger partial charge on any atom is 0.188 e. The number of rotatable bonds is 2. The molecule has 19 heavy (non-hydrogen) atoms. The molecule has 100 valence electrons. The van der Waals surface area contributed by atoms with Crippen LogP contribution in [0.2, 0.25) is 0 Å². The van der Waals surface area contributed by atoms with Gasteiger partial charge in [0.1, 0.15) is 5.58 Å². The van der Waals surface area contributed by atoms with E-state index in [4.69, 9.17) is 15.6 Å². The van der Waals surface area contributed by atoms with Gasteiger partial charge in [0.05, 0.1) is 6.26 Å². The molecule has 0 saturated carbocycles. The van der Waals surface area contributed by atoms with Crippen molar-refractivity contribution in [2.75, 3.05) is 13.1 Å². The molecule has 2 heterocycles. The van der Waals surface area contributed by atoms with Crippen LogP contribution in [0.15, 0.2) is 34.9 Å². The first-order valence-electron chi connectivity index (χ1n) is 6.78. The second-order valence-electron chi connectivity index (χ2n) is 5.29. The number of hydrogen-bond acceptors (Lipinski definition) is 2. The van der Waals surface area contributed by atoms with E-state index < -0.39 is 0 Å². The summed E-state index contributed by atoms with van der Waals surface area (Å²) in [4.78, 5) is 1.98. The summed E-state index contributed by atoms with van der Waals surface area (Å²) in [6.45, 7) is 1.81. The van der Waals surface area contributed by atoms with Crippen molar-refractivity contribution in [1.29, 1.82) is 5.41 Å². The van der Waals surface area contributed by atoms with Crippen LogP contribution in [0.1, 0.15) is 18.4 Å². The molecule has 3 N–H and O–H groups in total. The van der Waals surface area contributed by atoms with Crippen LogP contribution in [-0.4, -0.2) is 23.9 Å². The highest BCUT2D eigenvalue weighted by Crippen LogP contribution is 2.26. The van der Waals surface area contributed by atoms with Crippen LogP contribution in [-0.2, 0) is 6.42 Å². The van der Waals surface area contributed by atoms with Crippen LogP contribution in [0.4, 0.5) is 0 Å². The fourth-order valence-electron chi connectivity index (χ4n) is 3.00. The van der Waals surface area contributed by atoms with Gasteiger partial charge < -0.3 is 15.1 Å². The molecule has 2 aromatic rings. The second kappa shape index (κ2) is 4.96. The Morgan fingerprint density at radius 3 is 3.16 bits per heavy atom. The number of nitrogens with two attached hydrogens (primary N) is 1. The number of fused-ring (bicyclic) bond motifs is 1. The van der Waals surface area contributed by atoms with Gasteiger partial charge in [-0.1, -0.05) is 12.1 Å². The molecule has 0 spiro atoms. The monoisotopic (exact) mass is 257 g/mol. The van der Waals surface area contributed by atoms with Gasteiger partial charge in [-0.15, -0.1) is 0 Å². The zero-order valence-corrected chi connectivity index (χ0v) is 10.9. The van der Waals surface area contributed by atoms with Gasteiger partial charge in [-0.2, -0.15) is 0 Å². The minimum atomic E-state index is 0.200. The van der Waals surface area contributed by atoms with Gasteiger partial charge in [0.15, 0.2) is 5.96 Å². The number of furan rings is 1. The minimum Gasteiger partial charge on any atom is -0.464 e. The number of benzene rings is 1. The summed E-state index contributed by atoms with van der Waals surface area (Å²) < 4.78 is 5.44. The lowest BCUT2D eigenvalue weighted by Gasteiger charge is -2.33. The third-order valence-corrected chi connectivity index (χ3v) is 3.95. The molecular formula is C15H19N3O. The molecule has 0 radical (unpaired) electrons. The van der Waals surface area contributed by atoms with Crippen LogP contribution >= 0.6 is 0 Å². The summed E-state index contributed by atoms with van der Waals surface area (Å²) >= 11 is 0. The lowest BCUT2D eigenvalue weighted by molar-refractivity contribution is 0.254. The normalized spacial score (nSPS) is 19.8. The SMILES string of the molecule is N=C(N)N1CCCC(Cc2cccc3occc23)C1. The van der Waals surface area contributed by atoms with Crippen molar-refractivity contribution < 1.29 is 4.42 Å². The first-order valence-corrected chi connectivity index (χ1v) is 6.78. The Bertz CT molecular complexity index is 590. The summed E-state index contributed by atoms with van der Waals surface area (Å²) in [5.41, 5.74) is 7.88. The topological polar surface area (TPSA) is 66.2 Å². The molecule has 1 saturated heterocycles. The van der Waals surface area contributed by atoms with Crippen molar-refractivity contribution in [2.24, 2.45) is 11.7 Å². The van der Waals surface area contributed by atoms with E-state index in [-0.39, 0.29) is 5.96 Å². The number of nitrogens with one attached hydrogen (secondary N) is 1. The van der Waals surface area contributed by atoms with Gasteiger partial charge in [0.2, 0.25) is 0 Å². The largest absolute Gasteiger partial charge is 0.464 e. The van der Waals surface area contributed by atoms with Crippen molar-refractivity contribution in [1.82, 2.24) is 4.90 Å². The van der Waals surface area contributed by atoms with E-state index in [1.54, 1.807) is 6.26 Å². The van der Waals surface area contributed by atoms with E-state index in [1.807, 2.05) is 23.1 Å². The van der Waals surface area contributed by atoms with Crippen LogP contribution < -0.4 is 5.73 Å². The Balaban J connectivity index is 1.77. The van der Waals surface area contributed by atoms with Crippen LogP contribution in [0.5, 0.6) is 0 Å². The Hall–Kier alpha value is -1.97. The number of likely N-dealkylation sites (tertiary alicyclic amines) is 1. The summed E-state index contributed by atoms with van der Waals surface area (Å²) in [7, 11) is 0. The molecule has 1 aromatic carbocycles. The molecule has 1 atom stereocenters. The molecule has 3 rings (SSSR count). The highest BCUT2D eigenvalue weighted by Gasteiger charge is 2.21. The molecule has 0 amide bonds. The third kappa shape index (κ3) is 2.43. The molecule has 1 fully saturated rings. The van der Waals surface area contributed by atoms with Crippen molar-refractivity contribution in [3.05, 3.63) is 36.1 Å². The predicted molar refractivity (Wildman–Crippen MR) is 76.1 cm³/mol. The van der Waals surface area contributed by atoms with Crippen LogP contribution in [0.3, 0.4) is 0 Å². The van der Waals surface area contributed by atoms with Gasteiger partial charge in [-0.25, -0.2) is 0 Å². The molecule has 1 aromatic heterocycles. The molecule has 0 aliphatic carbocycles. The zero-order chi connectivity index (χ0) is 13.2. The number of guanidine groups is 1. The average Bonchev–Trinajstić information content (AvgIpc) is 2.88. The van der Waals surface area contributed by atoms with E-state index in [9.17, 15) is 0 Å². The molecular weight excluding hydrogens is 238 g/mol. The van der Waals surface area contributed by atoms with E-state index >= 15 is 0 Å². The van der Waals surface area contributed by atoms with Gasteiger partial charge in [-0.05, 0) is 42.9 Å². The predicted octanol–water partition coefficient (Wildman–Crippen LogP) is 2.58. The summed E-state index contributed by atoms with van der Waals surface area (Å²) in [6.07, 6.45) is 5.10. The first-order chi connectivity index (χ1) is 9.24. The number of nitrogens with zero attached hydrogens (tertiary/aromatic N) is 1. The summed E-state index contributed by atoms with van der Waals surface area (Å²) in [5.74, 6) is 0.768. The number of piperidine rings is 1. The minimum absolute atomic E-state index is 0.200. The Labute approximate surface area is 112 Å². The van der Waals surface area contributed by atoms with E-state index in [0.29, 0.717) is 5.92 Å². The molecule has 4 nitrogen and oxygen atoms in total. The van der Waals surface area contributed by atoms with Crippen molar-refractivity contribution in [3.63, 3.8) is 0 Å². The van der Waals surface area contributed by atoms with Gasteiger partial charge >= 0.3 is 0 Å². The first kappa shape index (κ1) is 12.1. The Kier molecular flexibility index (Phi) is 3.15. The van der Waals surface area contributed by atoms with Crippen molar-refractivity contribution in [2.45, 2.75) is 19.3 Å². The van der Waals surface area contributed by atoms with Gasteiger partial charge in [0, 0.05) is 18.5 Å². The van der Waals surface area contributed by atoms with E-state index in [1.165, 1.54) is 17.4 Å². The quantitative estimate of drug-likeness (QED) is 0.642. The van der Waals surface area contributed by atoms with Crippen molar-refractivity contribution >= 4 is 16.9 Å². The van der Waals surface area contributed by atoms with E-state index in [0.717, 1.165) is 31.5 Å². The van der Waals surface area contributed by atoms with Crippen LogP contribution in [0, 0.1) is 11.3 Å². The molecule has 1 aliphatic heterocycles. The third-order valence-electron chi connectivity index (χ3n) is 3.95. The highest BCUT2D eigenvalue weighted by molar-refractivity contribution is 5.80. The van der Waals surface area contributed by atoms with E-state index in [2.05, 4.69) is 6.07 Å². The lowest BCUT2D eigenvalue weighted by atomic mass is 9.90. The molecule has 1 aliphatic rings. The van der Waals surface area contributed by atoms with Crippen LogP contribution in [0.25, 0.3) is 11.0 Å². The maximum absolute atomic E-state index is 7.55. The summed E-state index contributed by atoms with van der Waals surface area (Å²) in [5, 5.41) is 8.76. The summed E-state index contributed by atoms with van der Waals surface area (Å²) in [6, 6.07) is 8.26. The molecule has 4 heteroatoms. The Morgan fingerprint density at radius 1 is 1.42 bits per heavy atom. The zero-order valence-electron chi connectivity index (χ0n) is 10.9. The molecule has 0 bridgehead atoms. The van der Waals surface area contributed by atoms with Gasteiger partial charge in [-0.3, -0.25) is 5.41 Å².